The van der Waals surface area contributed by atoms with E-state index in [0.717, 1.165) is 6.08 Å². The number of aliphatic hydroxyl groups is 1. The molecule has 1 unspecified atom stereocenters. The number of hydrogen-bond donors (Lipinski definition) is 1. The van der Waals surface area contributed by atoms with Crippen molar-refractivity contribution >= 4 is 11.9 Å². The Kier molecular flexibility index (Phi) is 2.05. The van der Waals surface area contributed by atoms with Gasteiger partial charge in [0.15, 0.2) is 0 Å². The Bertz CT molecular complexity index is 229. The molecule has 4 heteroatoms. The van der Waals surface area contributed by atoms with Gasteiger partial charge in [-0.05, 0) is 6.42 Å². The first-order valence-corrected chi connectivity index (χ1v) is 3.31. The largest absolute Gasteiger partial charge is 0.388 e. The maximum Gasteiger partial charge on any atom is 0.344 e. The number of rotatable bonds is 2. The zero-order valence-corrected chi connectivity index (χ0v) is 6.03. The molecule has 0 aromatic rings. The molecule has 0 saturated carbocycles. The SMILES string of the molecule is CCC(O)C1=CC(=O)OC1=O. The molecule has 0 aromatic heterocycles. The molecule has 4 nitrogen and oxygen atoms in total. The maximum absolute atomic E-state index is 10.7. The van der Waals surface area contributed by atoms with Crippen molar-refractivity contribution in [3.63, 3.8) is 0 Å². The first-order chi connectivity index (χ1) is 5.15. The van der Waals surface area contributed by atoms with E-state index in [1.54, 1.807) is 6.92 Å². The lowest BCUT2D eigenvalue weighted by atomic mass is 10.1. The smallest absolute Gasteiger partial charge is 0.344 e. The van der Waals surface area contributed by atoms with E-state index in [0.29, 0.717) is 6.42 Å². The van der Waals surface area contributed by atoms with Crippen LogP contribution in [0.1, 0.15) is 13.3 Å². The molecule has 0 radical (unpaired) electrons. The highest BCUT2D eigenvalue weighted by Crippen LogP contribution is 2.14. The minimum Gasteiger partial charge on any atom is -0.388 e. The van der Waals surface area contributed by atoms with E-state index in [9.17, 15) is 9.59 Å². The average Bonchev–Trinajstić information content (AvgIpc) is 2.28. The fourth-order valence-corrected chi connectivity index (χ4v) is 0.818. The van der Waals surface area contributed by atoms with Gasteiger partial charge in [-0.1, -0.05) is 6.92 Å². The molecule has 0 bridgehead atoms. The molecule has 1 aliphatic rings. The Morgan fingerprint density at radius 3 is 2.64 bits per heavy atom. The van der Waals surface area contributed by atoms with Crippen LogP contribution >= 0.6 is 0 Å². The average molecular weight is 156 g/mol. The van der Waals surface area contributed by atoms with Crippen LogP contribution in [-0.2, 0) is 14.3 Å². The van der Waals surface area contributed by atoms with Crippen LogP contribution in [-0.4, -0.2) is 23.1 Å². The monoisotopic (exact) mass is 156 g/mol. The van der Waals surface area contributed by atoms with Crippen LogP contribution in [0.2, 0.25) is 0 Å². The minimum atomic E-state index is -0.881. The zero-order chi connectivity index (χ0) is 8.43. The first kappa shape index (κ1) is 7.94. The Balaban J connectivity index is 2.79. The van der Waals surface area contributed by atoms with Gasteiger partial charge in [-0.25, -0.2) is 9.59 Å². The third-order valence-electron chi connectivity index (χ3n) is 1.45. The number of carbonyl (C=O) groups is 2. The van der Waals surface area contributed by atoms with Gasteiger partial charge in [0.2, 0.25) is 0 Å². The lowest BCUT2D eigenvalue weighted by Crippen LogP contribution is -2.14. The van der Waals surface area contributed by atoms with Crippen LogP contribution in [0.25, 0.3) is 0 Å². The standard InChI is InChI=1S/C7H8O4/c1-2-5(8)4-3-6(9)11-7(4)10/h3,5,8H,2H2,1H3. The van der Waals surface area contributed by atoms with Crippen LogP contribution in [0.3, 0.4) is 0 Å². The van der Waals surface area contributed by atoms with Gasteiger partial charge in [0.1, 0.15) is 0 Å². The van der Waals surface area contributed by atoms with E-state index < -0.39 is 18.0 Å². The van der Waals surface area contributed by atoms with Crippen molar-refractivity contribution in [2.75, 3.05) is 0 Å². The Morgan fingerprint density at radius 1 is 1.64 bits per heavy atom. The van der Waals surface area contributed by atoms with E-state index >= 15 is 0 Å². The molecule has 0 saturated heterocycles. The van der Waals surface area contributed by atoms with E-state index in [-0.39, 0.29) is 5.57 Å². The predicted octanol–water partition coefficient (Wildman–Crippen LogP) is -0.233. The van der Waals surface area contributed by atoms with Crippen LogP contribution in [0.15, 0.2) is 11.6 Å². The lowest BCUT2D eigenvalue weighted by Gasteiger charge is -2.03. The van der Waals surface area contributed by atoms with Crippen LogP contribution < -0.4 is 0 Å². The Morgan fingerprint density at radius 2 is 2.27 bits per heavy atom. The number of hydrogen-bond acceptors (Lipinski definition) is 4. The quantitative estimate of drug-likeness (QED) is 0.443. The second-order valence-corrected chi connectivity index (χ2v) is 2.23. The number of esters is 2. The van der Waals surface area contributed by atoms with E-state index in [1.807, 2.05) is 0 Å². The van der Waals surface area contributed by atoms with Gasteiger partial charge in [0.05, 0.1) is 11.7 Å². The highest BCUT2D eigenvalue weighted by Gasteiger charge is 2.27. The molecule has 11 heavy (non-hydrogen) atoms. The van der Waals surface area contributed by atoms with Gasteiger partial charge in [0.25, 0.3) is 0 Å². The zero-order valence-electron chi connectivity index (χ0n) is 6.03. The number of ether oxygens (including phenoxy) is 1. The number of cyclic esters (lactones) is 2. The maximum atomic E-state index is 10.7. The minimum absolute atomic E-state index is 0.0532. The van der Waals surface area contributed by atoms with Gasteiger partial charge < -0.3 is 9.84 Å². The summed E-state index contributed by atoms with van der Waals surface area (Å²) in [6, 6.07) is 0. The molecule has 0 spiro atoms. The van der Waals surface area contributed by atoms with Crippen molar-refractivity contribution in [2.45, 2.75) is 19.4 Å². The molecule has 0 amide bonds. The fraction of sp³-hybridized carbons (Fsp3) is 0.429. The molecule has 60 valence electrons. The van der Waals surface area contributed by atoms with Gasteiger partial charge in [-0.2, -0.15) is 0 Å². The summed E-state index contributed by atoms with van der Waals surface area (Å²) in [6.07, 6.45) is 0.541. The molecule has 1 heterocycles. The second kappa shape index (κ2) is 2.84. The predicted molar refractivity (Wildman–Crippen MR) is 35.5 cm³/mol. The van der Waals surface area contributed by atoms with Gasteiger partial charge in [-0.3, -0.25) is 0 Å². The second-order valence-electron chi connectivity index (χ2n) is 2.23. The Hall–Kier alpha value is -1.16. The molecule has 0 aromatic carbocycles. The van der Waals surface area contributed by atoms with Gasteiger partial charge in [0, 0.05) is 6.08 Å². The normalized spacial score (nSPS) is 19.6. The molecule has 1 rings (SSSR count). The summed E-state index contributed by atoms with van der Waals surface area (Å²) in [6.45, 7) is 1.71. The summed E-state index contributed by atoms with van der Waals surface area (Å²) in [7, 11) is 0. The van der Waals surface area contributed by atoms with E-state index in [2.05, 4.69) is 4.74 Å². The highest BCUT2D eigenvalue weighted by molar-refractivity contribution is 6.09. The molecule has 0 fully saturated rings. The summed E-state index contributed by atoms with van der Waals surface area (Å²) in [5, 5.41) is 9.12. The molecule has 1 N–H and O–H groups in total. The van der Waals surface area contributed by atoms with Crippen LogP contribution in [0, 0.1) is 0 Å². The van der Waals surface area contributed by atoms with Crippen molar-refractivity contribution in [2.24, 2.45) is 0 Å². The molecule has 1 atom stereocenters. The van der Waals surface area contributed by atoms with Crippen molar-refractivity contribution < 1.29 is 19.4 Å². The van der Waals surface area contributed by atoms with Crippen molar-refractivity contribution in [3.8, 4) is 0 Å². The topological polar surface area (TPSA) is 63.6 Å². The summed E-state index contributed by atoms with van der Waals surface area (Å²) in [5.74, 6) is -1.43. The number of carbonyl (C=O) groups excluding carboxylic acids is 2. The molecule has 1 aliphatic heterocycles. The van der Waals surface area contributed by atoms with E-state index in [1.165, 1.54) is 0 Å². The number of aliphatic hydroxyl groups excluding tert-OH is 1. The van der Waals surface area contributed by atoms with E-state index in [4.69, 9.17) is 5.11 Å². The summed E-state index contributed by atoms with van der Waals surface area (Å²) >= 11 is 0. The Labute approximate surface area is 63.5 Å². The third kappa shape index (κ3) is 1.46. The molecule has 0 aliphatic carbocycles. The molecular weight excluding hydrogens is 148 g/mol. The van der Waals surface area contributed by atoms with Gasteiger partial charge >= 0.3 is 11.9 Å². The van der Waals surface area contributed by atoms with Crippen molar-refractivity contribution in [1.29, 1.82) is 0 Å². The summed E-state index contributed by atoms with van der Waals surface area (Å²) in [5.41, 5.74) is 0.0532. The summed E-state index contributed by atoms with van der Waals surface area (Å²) < 4.78 is 4.17. The van der Waals surface area contributed by atoms with Crippen LogP contribution in [0.5, 0.6) is 0 Å². The third-order valence-corrected chi connectivity index (χ3v) is 1.45. The lowest BCUT2D eigenvalue weighted by molar-refractivity contribution is -0.151. The fourth-order valence-electron chi connectivity index (χ4n) is 0.818. The summed E-state index contributed by atoms with van der Waals surface area (Å²) in [4.78, 5) is 21.2. The van der Waals surface area contributed by atoms with Crippen LogP contribution in [0.4, 0.5) is 0 Å². The highest BCUT2D eigenvalue weighted by atomic mass is 16.6. The van der Waals surface area contributed by atoms with Crippen molar-refractivity contribution in [1.82, 2.24) is 0 Å². The van der Waals surface area contributed by atoms with Gasteiger partial charge in [-0.15, -0.1) is 0 Å². The molecular formula is C7H8O4. The van der Waals surface area contributed by atoms with Crippen molar-refractivity contribution in [3.05, 3.63) is 11.6 Å². The first-order valence-electron chi connectivity index (χ1n) is 3.31.